The first-order chi connectivity index (χ1) is 6.86. The van der Waals surface area contributed by atoms with Gasteiger partial charge in [0.1, 0.15) is 6.61 Å². The minimum Gasteiger partial charge on any atom is -0.489 e. The van der Waals surface area contributed by atoms with Crippen LogP contribution >= 0.6 is 0 Å². The quantitative estimate of drug-likeness (QED) is 0.789. The summed E-state index contributed by atoms with van der Waals surface area (Å²) in [4.78, 5) is 2.38. The first kappa shape index (κ1) is 9.52. The fourth-order valence-electron chi connectivity index (χ4n) is 1.87. The number of aromatic nitrogens is 2. The van der Waals surface area contributed by atoms with Gasteiger partial charge in [-0.15, -0.1) is 0 Å². The Kier molecular flexibility index (Phi) is 3.03. The summed E-state index contributed by atoms with van der Waals surface area (Å²) in [6.45, 7) is 1.97. The van der Waals surface area contributed by atoms with Gasteiger partial charge >= 0.3 is 0 Å². The van der Waals surface area contributed by atoms with Crippen molar-refractivity contribution in [2.75, 3.05) is 20.2 Å². The fraction of sp³-hybridized carbons (Fsp3) is 0.700. The zero-order valence-corrected chi connectivity index (χ0v) is 8.57. The van der Waals surface area contributed by atoms with Crippen molar-refractivity contribution in [2.24, 2.45) is 0 Å². The van der Waals surface area contributed by atoms with Crippen molar-refractivity contribution in [1.82, 2.24) is 15.1 Å². The Balaban J connectivity index is 1.79. The predicted molar refractivity (Wildman–Crippen MR) is 54.4 cm³/mol. The molecule has 1 N–H and O–H groups in total. The maximum Gasteiger partial charge on any atom is 0.156 e. The van der Waals surface area contributed by atoms with Crippen LogP contribution in [0.2, 0.25) is 0 Å². The van der Waals surface area contributed by atoms with Crippen LogP contribution in [0.1, 0.15) is 19.3 Å². The van der Waals surface area contributed by atoms with Gasteiger partial charge in [0.25, 0.3) is 0 Å². The highest BCUT2D eigenvalue weighted by Crippen LogP contribution is 2.16. The minimum absolute atomic E-state index is 0.568. The Morgan fingerprint density at radius 3 is 3.29 bits per heavy atom. The minimum atomic E-state index is 0.568. The lowest BCUT2D eigenvalue weighted by Gasteiger charge is -2.31. The van der Waals surface area contributed by atoms with E-state index in [1.54, 1.807) is 12.4 Å². The summed E-state index contributed by atoms with van der Waals surface area (Å²) < 4.78 is 5.62. The number of nitrogens with zero attached hydrogens (tertiary/aromatic N) is 2. The Bertz CT molecular complexity index is 260. The average Bonchev–Trinajstić information content (AvgIpc) is 2.69. The highest BCUT2D eigenvalue weighted by atomic mass is 16.5. The number of likely N-dealkylation sites (tertiary alicyclic amines) is 1. The number of likely N-dealkylation sites (N-methyl/N-ethyl adjacent to an activating group) is 1. The lowest BCUT2D eigenvalue weighted by atomic mass is 10.0. The van der Waals surface area contributed by atoms with Gasteiger partial charge < -0.3 is 9.64 Å². The third-order valence-electron chi connectivity index (χ3n) is 2.84. The van der Waals surface area contributed by atoms with Crippen LogP contribution in [0.15, 0.2) is 12.4 Å². The summed E-state index contributed by atoms with van der Waals surface area (Å²) in [5.74, 6) is 0.837. The molecule has 0 bridgehead atoms. The second-order valence-corrected chi connectivity index (χ2v) is 3.88. The van der Waals surface area contributed by atoms with Crippen LogP contribution in [0.25, 0.3) is 0 Å². The molecule has 0 aromatic carbocycles. The van der Waals surface area contributed by atoms with Gasteiger partial charge in [-0.1, -0.05) is 6.42 Å². The number of ether oxygens (including phenoxy) is 1. The van der Waals surface area contributed by atoms with Crippen LogP contribution in [0, 0.1) is 0 Å². The van der Waals surface area contributed by atoms with Crippen molar-refractivity contribution in [3.05, 3.63) is 12.4 Å². The molecule has 0 saturated carbocycles. The molecule has 1 aliphatic rings. The van der Waals surface area contributed by atoms with E-state index in [1.807, 2.05) is 0 Å². The van der Waals surface area contributed by atoms with Crippen LogP contribution in [0.3, 0.4) is 0 Å². The molecule has 4 nitrogen and oxygen atoms in total. The molecule has 1 saturated heterocycles. The van der Waals surface area contributed by atoms with E-state index in [0.717, 1.165) is 12.4 Å². The third-order valence-corrected chi connectivity index (χ3v) is 2.84. The molecule has 0 radical (unpaired) electrons. The summed E-state index contributed by atoms with van der Waals surface area (Å²) in [5.41, 5.74) is 0. The average molecular weight is 195 g/mol. The smallest absolute Gasteiger partial charge is 0.156 e. The van der Waals surface area contributed by atoms with E-state index in [0.29, 0.717) is 6.04 Å². The molecule has 2 rings (SSSR count). The standard InChI is InChI=1S/C10H17N3O/c1-13-5-3-2-4-9(13)8-14-10-6-11-12-7-10/h6-7,9H,2-5,8H2,1H3,(H,11,12). The summed E-state index contributed by atoms with van der Waals surface area (Å²) in [6, 6.07) is 0.568. The number of piperidine rings is 1. The molecule has 1 aliphatic heterocycles. The van der Waals surface area contributed by atoms with Crippen LogP contribution in [0.5, 0.6) is 5.75 Å². The monoisotopic (exact) mass is 195 g/mol. The maximum absolute atomic E-state index is 5.62. The van der Waals surface area contributed by atoms with Gasteiger partial charge in [-0.2, -0.15) is 5.10 Å². The van der Waals surface area contributed by atoms with E-state index >= 15 is 0 Å². The molecule has 1 unspecified atom stereocenters. The largest absolute Gasteiger partial charge is 0.489 e. The number of nitrogens with one attached hydrogen (secondary N) is 1. The molecule has 14 heavy (non-hydrogen) atoms. The summed E-state index contributed by atoms with van der Waals surface area (Å²) >= 11 is 0. The maximum atomic E-state index is 5.62. The molecule has 4 heteroatoms. The molecule has 0 spiro atoms. The highest BCUT2D eigenvalue weighted by molar-refractivity contribution is 5.10. The van der Waals surface area contributed by atoms with Gasteiger partial charge in [-0.05, 0) is 26.4 Å². The van der Waals surface area contributed by atoms with Crippen LogP contribution in [-0.2, 0) is 0 Å². The fourth-order valence-corrected chi connectivity index (χ4v) is 1.87. The Hall–Kier alpha value is -1.03. The van der Waals surface area contributed by atoms with E-state index < -0.39 is 0 Å². The van der Waals surface area contributed by atoms with Gasteiger partial charge in [0, 0.05) is 6.04 Å². The lowest BCUT2D eigenvalue weighted by molar-refractivity contribution is 0.125. The molecule has 1 aromatic rings. The summed E-state index contributed by atoms with van der Waals surface area (Å²) in [6.07, 6.45) is 7.38. The third kappa shape index (κ3) is 2.26. The predicted octanol–water partition coefficient (Wildman–Crippen LogP) is 1.27. The van der Waals surface area contributed by atoms with Crippen molar-refractivity contribution < 1.29 is 4.74 Å². The number of aromatic amines is 1. The van der Waals surface area contributed by atoms with E-state index in [4.69, 9.17) is 4.74 Å². The van der Waals surface area contributed by atoms with Crippen LogP contribution < -0.4 is 4.74 Å². The zero-order chi connectivity index (χ0) is 9.80. The Morgan fingerprint density at radius 2 is 2.57 bits per heavy atom. The lowest BCUT2D eigenvalue weighted by Crippen LogP contribution is -2.40. The molecular formula is C10H17N3O. The van der Waals surface area contributed by atoms with Gasteiger partial charge in [0.05, 0.1) is 12.4 Å². The second kappa shape index (κ2) is 4.46. The number of hydrogen-bond acceptors (Lipinski definition) is 3. The SMILES string of the molecule is CN1CCCCC1COc1cn[nH]c1. The van der Waals surface area contributed by atoms with Crippen molar-refractivity contribution in [2.45, 2.75) is 25.3 Å². The Labute approximate surface area is 84.3 Å². The zero-order valence-electron chi connectivity index (χ0n) is 8.57. The van der Waals surface area contributed by atoms with Crippen molar-refractivity contribution in [1.29, 1.82) is 0 Å². The first-order valence-corrected chi connectivity index (χ1v) is 5.18. The van der Waals surface area contributed by atoms with Gasteiger partial charge in [-0.25, -0.2) is 0 Å². The van der Waals surface area contributed by atoms with Crippen LogP contribution in [-0.4, -0.2) is 41.3 Å². The Morgan fingerprint density at radius 1 is 1.64 bits per heavy atom. The first-order valence-electron chi connectivity index (χ1n) is 5.18. The summed E-state index contributed by atoms with van der Waals surface area (Å²) in [7, 11) is 2.17. The van der Waals surface area contributed by atoms with Gasteiger partial charge in [0.2, 0.25) is 0 Å². The van der Waals surface area contributed by atoms with Crippen molar-refractivity contribution >= 4 is 0 Å². The van der Waals surface area contributed by atoms with E-state index in [1.165, 1.54) is 25.8 Å². The van der Waals surface area contributed by atoms with Crippen molar-refractivity contribution in [3.8, 4) is 5.75 Å². The number of H-pyrrole nitrogens is 1. The molecule has 0 amide bonds. The molecule has 1 fully saturated rings. The molecule has 1 atom stereocenters. The van der Waals surface area contributed by atoms with Gasteiger partial charge in [-0.3, -0.25) is 5.10 Å². The normalized spacial score (nSPS) is 23.6. The molecule has 2 heterocycles. The van der Waals surface area contributed by atoms with E-state index in [2.05, 4.69) is 22.1 Å². The molecule has 1 aromatic heterocycles. The molecule has 0 aliphatic carbocycles. The number of rotatable bonds is 3. The van der Waals surface area contributed by atoms with Crippen LogP contribution in [0.4, 0.5) is 0 Å². The van der Waals surface area contributed by atoms with Crippen molar-refractivity contribution in [3.63, 3.8) is 0 Å². The topological polar surface area (TPSA) is 41.1 Å². The van der Waals surface area contributed by atoms with E-state index in [9.17, 15) is 0 Å². The second-order valence-electron chi connectivity index (χ2n) is 3.88. The molecule has 78 valence electrons. The van der Waals surface area contributed by atoms with E-state index in [-0.39, 0.29) is 0 Å². The number of hydrogen-bond donors (Lipinski definition) is 1. The van der Waals surface area contributed by atoms with Gasteiger partial charge in [0.15, 0.2) is 5.75 Å². The highest BCUT2D eigenvalue weighted by Gasteiger charge is 2.19. The molecular weight excluding hydrogens is 178 g/mol. The summed E-state index contributed by atoms with van der Waals surface area (Å²) in [5, 5.41) is 6.58.